The van der Waals surface area contributed by atoms with Gasteiger partial charge in [-0.25, -0.2) is 9.78 Å². The summed E-state index contributed by atoms with van der Waals surface area (Å²) in [6.07, 6.45) is 1.84. The minimum absolute atomic E-state index is 0.248. The molecule has 0 saturated heterocycles. The van der Waals surface area contributed by atoms with Crippen molar-refractivity contribution in [2.75, 3.05) is 0 Å². The second-order valence-electron chi connectivity index (χ2n) is 4.16. The van der Waals surface area contributed by atoms with E-state index in [9.17, 15) is 4.79 Å². The molecule has 0 spiro atoms. The molecule has 2 aromatic rings. The molecule has 4 nitrogen and oxygen atoms in total. The van der Waals surface area contributed by atoms with Gasteiger partial charge in [-0.15, -0.1) is 0 Å². The summed E-state index contributed by atoms with van der Waals surface area (Å²) in [6.45, 7) is 6.06. The Labute approximate surface area is 93.5 Å². The highest BCUT2D eigenvalue weighted by Crippen LogP contribution is 2.21. The summed E-state index contributed by atoms with van der Waals surface area (Å²) in [4.78, 5) is 15.5. The number of fused-ring (bicyclic) bond motifs is 1. The zero-order chi connectivity index (χ0) is 11.9. The van der Waals surface area contributed by atoms with Gasteiger partial charge in [-0.2, -0.15) is 0 Å². The number of pyridine rings is 1. The van der Waals surface area contributed by atoms with Gasteiger partial charge in [0.1, 0.15) is 5.56 Å². The number of nitrogens with zero attached hydrogens (tertiary/aromatic N) is 2. The number of carboxylic acid groups (broad SMARTS) is 1. The Balaban J connectivity index is 2.80. The monoisotopic (exact) mass is 218 g/mol. The Morgan fingerprint density at radius 3 is 2.75 bits per heavy atom. The van der Waals surface area contributed by atoms with Crippen molar-refractivity contribution in [3.8, 4) is 0 Å². The average molecular weight is 218 g/mol. The molecule has 0 radical (unpaired) electrons. The molecule has 16 heavy (non-hydrogen) atoms. The molecule has 0 unspecified atom stereocenters. The van der Waals surface area contributed by atoms with Crippen LogP contribution in [0.1, 0.15) is 41.5 Å². The standard InChI is InChI=1S/C12H14N2O2/c1-7(2)10-8(3)14-6-4-5-9(12(15)16)11(14)13-10/h4-7H,1-3H3,(H,15,16). The maximum absolute atomic E-state index is 11.1. The minimum Gasteiger partial charge on any atom is -0.478 e. The van der Waals surface area contributed by atoms with Gasteiger partial charge in [-0.3, -0.25) is 0 Å². The number of rotatable bonds is 2. The Morgan fingerprint density at radius 2 is 2.19 bits per heavy atom. The van der Waals surface area contributed by atoms with Crippen molar-refractivity contribution in [2.45, 2.75) is 26.7 Å². The lowest BCUT2D eigenvalue weighted by atomic mass is 10.1. The van der Waals surface area contributed by atoms with Gasteiger partial charge >= 0.3 is 5.97 Å². The van der Waals surface area contributed by atoms with E-state index in [1.807, 2.05) is 17.5 Å². The topological polar surface area (TPSA) is 54.6 Å². The molecule has 0 bridgehead atoms. The summed E-state index contributed by atoms with van der Waals surface area (Å²) >= 11 is 0. The van der Waals surface area contributed by atoms with E-state index in [4.69, 9.17) is 5.11 Å². The smallest absolute Gasteiger partial charge is 0.339 e. The van der Waals surface area contributed by atoms with Crippen LogP contribution in [-0.4, -0.2) is 20.5 Å². The van der Waals surface area contributed by atoms with Crippen LogP contribution in [-0.2, 0) is 0 Å². The van der Waals surface area contributed by atoms with E-state index in [-0.39, 0.29) is 5.56 Å². The number of aryl methyl sites for hydroxylation is 1. The van der Waals surface area contributed by atoms with Crippen LogP contribution in [0, 0.1) is 6.92 Å². The molecule has 0 aliphatic heterocycles. The zero-order valence-corrected chi connectivity index (χ0v) is 9.56. The minimum atomic E-state index is -0.939. The maximum Gasteiger partial charge on any atom is 0.339 e. The normalized spacial score (nSPS) is 11.2. The largest absolute Gasteiger partial charge is 0.478 e. The van der Waals surface area contributed by atoms with Crippen molar-refractivity contribution in [1.82, 2.24) is 9.38 Å². The van der Waals surface area contributed by atoms with E-state index in [0.29, 0.717) is 11.6 Å². The van der Waals surface area contributed by atoms with Crippen molar-refractivity contribution < 1.29 is 9.90 Å². The first kappa shape index (κ1) is 10.7. The highest BCUT2D eigenvalue weighted by Gasteiger charge is 2.16. The lowest BCUT2D eigenvalue weighted by molar-refractivity contribution is 0.0698. The molecule has 1 N–H and O–H groups in total. The molecule has 2 aromatic heterocycles. The van der Waals surface area contributed by atoms with Crippen LogP contribution in [0.15, 0.2) is 18.3 Å². The molecule has 0 aromatic carbocycles. The molecule has 0 amide bonds. The molecule has 84 valence electrons. The van der Waals surface area contributed by atoms with Gasteiger partial charge in [-0.1, -0.05) is 13.8 Å². The quantitative estimate of drug-likeness (QED) is 0.842. The average Bonchev–Trinajstić information content (AvgIpc) is 2.56. The predicted octanol–water partition coefficient (Wildman–Crippen LogP) is 2.46. The van der Waals surface area contributed by atoms with Crippen molar-refractivity contribution in [1.29, 1.82) is 0 Å². The van der Waals surface area contributed by atoms with Crippen LogP contribution in [0.25, 0.3) is 5.65 Å². The van der Waals surface area contributed by atoms with Gasteiger partial charge in [0.25, 0.3) is 0 Å². The van der Waals surface area contributed by atoms with E-state index in [0.717, 1.165) is 11.4 Å². The summed E-state index contributed by atoms with van der Waals surface area (Å²) in [6, 6.07) is 3.31. The van der Waals surface area contributed by atoms with Crippen LogP contribution < -0.4 is 0 Å². The first-order chi connectivity index (χ1) is 7.52. The summed E-state index contributed by atoms with van der Waals surface area (Å²) in [7, 11) is 0. The number of aromatic nitrogens is 2. The molecule has 0 atom stereocenters. The lowest BCUT2D eigenvalue weighted by Gasteiger charge is -2.01. The Hall–Kier alpha value is -1.84. The Bertz CT molecular complexity index is 555. The number of hydrogen-bond donors (Lipinski definition) is 1. The van der Waals surface area contributed by atoms with Crippen LogP contribution in [0.2, 0.25) is 0 Å². The molecule has 0 aliphatic carbocycles. The van der Waals surface area contributed by atoms with Gasteiger partial charge in [0, 0.05) is 11.9 Å². The Kier molecular flexibility index (Phi) is 2.42. The van der Waals surface area contributed by atoms with Gasteiger partial charge in [0.05, 0.1) is 5.69 Å². The number of hydrogen-bond acceptors (Lipinski definition) is 2. The molecule has 0 aliphatic rings. The zero-order valence-electron chi connectivity index (χ0n) is 9.56. The van der Waals surface area contributed by atoms with E-state index < -0.39 is 5.97 Å². The third-order valence-corrected chi connectivity index (χ3v) is 2.70. The van der Waals surface area contributed by atoms with Crippen LogP contribution >= 0.6 is 0 Å². The number of aromatic carboxylic acids is 1. The fourth-order valence-electron chi connectivity index (χ4n) is 1.92. The molecule has 0 saturated carbocycles. The molecule has 2 rings (SSSR count). The van der Waals surface area contributed by atoms with Gasteiger partial charge in [-0.05, 0) is 25.0 Å². The van der Waals surface area contributed by atoms with Crippen LogP contribution in [0.4, 0.5) is 0 Å². The highest BCUT2D eigenvalue weighted by molar-refractivity contribution is 5.94. The van der Waals surface area contributed by atoms with Crippen molar-refractivity contribution in [3.63, 3.8) is 0 Å². The lowest BCUT2D eigenvalue weighted by Crippen LogP contribution is -2.00. The SMILES string of the molecule is Cc1c(C(C)C)nc2c(C(=O)O)cccn12. The summed E-state index contributed by atoms with van der Waals surface area (Å²) in [5.74, 6) is -0.646. The van der Waals surface area contributed by atoms with E-state index in [1.54, 1.807) is 12.1 Å². The highest BCUT2D eigenvalue weighted by atomic mass is 16.4. The fraction of sp³-hybridized carbons (Fsp3) is 0.333. The third-order valence-electron chi connectivity index (χ3n) is 2.70. The van der Waals surface area contributed by atoms with Crippen molar-refractivity contribution in [3.05, 3.63) is 35.3 Å². The van der Waals surface area contributed by atoms with Gasteiger partial charge in [0.2, 0.25) is 0 Å². The van der Waals surface area contributed by atoms with E-state index in [2.05, 4.69) is 18.8 Å². The first-order valence-electron chi connectivity index (χ1n) is 5.23. The molecular formula is C12H14N2O2. The maximum atomic E-state index is 11.1. The second kappa shape index (κ2) is 3.63. The summed E-state index contributed by atoms with van der Waals surface area (Å²) in [5, 5.41) is 9.07. The predicted molar refractivity (Wildman–Crippen MR) is 61.0 cm³/mol. The third kappa shape index (κ3) is 1.46. The number of imidazole rings is 1. The number of carboxylic acids is 1. The number of carbonyl (C=O) groups is 1. The van der Waals surface area contributed by atoms with E-state index in [1.165, 1.54) is 0 Å². The fourth-order valence-corrected chi connectivity index (χ4v) is 1.92. The van der Waals surface area contributed by atoms with Gasteiger partial charge in [0.15, 0.2) is 5.65 Å². The van der Waals surface area contributed by atoms with Crippen molar-refractivity contribution >= 4 is 11.6 Å². The van der Waals surface area contributed by atoms with E-state index >= 15 is 0 Å². The molecule has 0 fully saturated rings. The molecular weight excluding hydrogens is 204 g/mol. The first-order valence-corrected chi connectivity index (χ1v) is 5.23. The molecule has 2 heterocycles. The van der Waals surface area contributed by atoms with Crippen molar-refractivity contribution in [2.24, 2.45) is 0 Å². The van der Waals surface area contributed by atoms with Crippen LogP contribution in [0.3, 0.4) is 0 Å². The summed E-state index contributed by atoms with van der Waals surface area (Å²) < 4.78 is 1.83. The van der Waals surface area contributed by atoms with Crippen LogP contribution in [0.5, 0.6) is 0 Å². The van der Waals surface area contributed by atoms with Gasteiger partial charge < -0.3 is 9.51 Å². The molecule has 4 heteroatoms. The summed E-state index contributed by atoms with van der Waals surface area (Å²) in [5.41, 5.74) is 2.73. The Morgan fingerprint density at radius 1 is 1.50 bits per heavy atom. The second-order valence-corrected chi connectivity index (χ2v) is 4.16.